The summed E-state index contributed by atoms with van der Waals surface area (Å²) in [6, 6.07) is 10.8. The molecule has 0 aliphatic heterocycles. The van der Waals surface area contributed by atoms with Gasteiger partial charge in [0.05, 0.1) is 28.7 Å². The zero-order chi connectivity index (χ0) is 19.1. The first-order valence-electron chi connectivity index (χ1n) is 8.09. The van der Waals surface area contributed by atoms with Crippen LogP contribution >= 0.6 is 0 Å². The second-order valence-electron chi connectivity index (χ2n) is 6.23. The average molecular weight is 363 g/mol. The van der Waals surface area contributed by atoms with Gasteiger partial charge in [0.15, 0.2) is 0 Å². The SMILES string of the molecule is Cc1ccc2c(Cn3cnc4ccc([N+](=O)[O-])cc4c3=O)cc(=O)oc2c1. The average Bonchev–Trinajstić information content (AvgIpc) is 2.63. The molecule has 0 aliphatic carbocycles. The molecule has 0 aliphatic rings. The van der Waals surface area contributed by atoms with Gasteiger partial charge in [-0.3, -0.25) is 19.5 Å². The molecule has 0 unspecified atom stereocenters. The monoisotopic (exact) mass is 363 g/mol. The quantitative estimate of drug-likeness (QED) is 0.315. The minimum atomic E-state index is -0.561. The topological polar surface area (TPSA) is 108 Å². The van der Waals surface area contributed by atoms with Crippen molar-refractivity contribution in [2.24, 2.45) is 0 Å². The zero-order valence-electron chi connectivity index (χ0n) is 14.2. The van der Waals surface area contributed by atoms with Gasteiger partial charge in [-0.25, -0.2) is 9.78 Å². The highest BCUT2D eigenvalue weighted by Gasteiger charge is 2.13. The Morgan fingerprint density at radius 1 is 1.11 bits per heavy atom. The molecule has 27 heavy (non-hydrogen) atoms. The standard InChI is InChI=1S/C19H13N3O5/c1-11-2-4-14-12(7-18(23)27-17(14)6-11)9-21-10-20-16-5-3-13(22(25)26)8-15(16)19(21)24/h2-8,10H,9H2,1H3. The normalized spacial score (nSPS) is 11.1. The minimum absolute atomic E-state index is 0.0929. The molecule has 0 bridgehead atoms. The number of nitrogens with zero attached hydrogens (tertiary/aromatic N) is 3. The summed E-state index contributed by atoms with van der Waals surface area (Å²) in [6.07, 6.45) is 1.37. The highest BCUT2D eigenvalue weighted by Crippen LogP contribution is 2.20. The van der Waals surface area contributed by atoms with Crippen molar-refractivity contribution in [2.45, 2.75) is 13.5 Å². The van der Waals surface area contributed by atoms with E-state index in [1.54, 1.807) is 6.07 Å². The van der Waals surface area contributed by atoms with Crippen molar-refractivity contribution in [3.63, 3.8) is 0 Å². The number of aromatic nitrogens is 2. The maximum absolute atomic E-state index is 12.8. The summed E-state index contributed by atoms with van der Waals surface area (Å²) in [4.78, 5) is 39.3. The summed E-state index contributed by atoms with van der Waals surface area (Å²) >= 11 is 0. The van der Waals surface area contributed by atoms with E-state index in [0.717, 1.165) is 5.56 Å². The van der Waals surface area contributed by atoms with Crippen LogP contribution in [0.25, 0.3) is 21.9 Å². The Hall–Kier alpha value is -3.81. The van der Waals surface area contributed by atoms with Crippen LogP contribution in [0.5, 0.6) is 0 Å². The molecular formula is C19H13N3O5. The first-order valence-corrected chi connectivity index (χ1v) is 8.09. The Bertz CT molecular complexity index is 1340. The van der Waals surface area contributed by atoms with Gasteiger partial charge in [0.1, 0.15) is 5.58 Å². The predicted octanol–water partition coefficient (Wildman–Crippen LogP) is 2.77. The second-order valence-corrected chi connectivity index (χ2v) is 6.23. The Morgan fingerprint density at radius 3 is 2.70 bits per heavy atom. The van der Waals surface area contributed by atoms with E-state index in [9.17, 15) is 19.7 Å². The number of benzene rings is 2. The molecule has 0 saturated carbocycles. The number of hydrogen-bond donors (Lipinski definition) is 0. The van der Waals surface area contributed by atoms with Crippen molar-refractivity contribution < 1.29 is 9.34 Å². The Kier molecular flexibility index (Phi) is 3.80. The highest BCUT2D eigenvalue weighted by molar-refractivity contribution is 5.81. The molecule has 8 heteroatoms. The third-order valence-corrected chi connectivity index (χ3v) is 4.34. The lowest BCUT2D eigenvalue weighted by molar-refractivity contribution is -0.384. The summed E-state index contributed by atoms with van der Waals surface area (Å²) in [7, 11) is 0. The minimum Gasteiger partial charge on any atom is -0.423 e. The molecular weight excluding hydrogens is 350 g/mol. The third-order valence-electron chi connectivity index (χ3n) is 4.34. The van der Waals surface area contributed by atoms with Gasteiger partial charge in [-0.1, -0.05) is 12.1 Å². The number of fused-ring (bicyclic) bond motifs is 2. The molecule has 0 amide bonds. The number of non-ortho nitro benzene ring substituents is 1. The number of rotatable bonds is 3. The lowest BCUT2D eigenvalue weighted by Gasteiger charge is -2.09. The van der Waals surface area contributed by atoms with Crippen LogP contribution in [0.3, 0.4) is 0 Å². The number of nitro groups is 1. The maximum atomic E-state index is 12.8. The van der Waals surface area contributed by atoms with Crippen molar-refractivity contribution in [3.8, 4) is 0 Å². The van der Waals surface area contributed by atoms with E-state index in [2.05, 4.69) is 4.98 Å². The van der Waals surface area contributed by atoms with Crippen LogP contribution in [0, 0.1) is 17.0 Å². The number of hydrogen-bond acceptors (Lipinski definition) is 6. The fourth-order valence-corrected chi connectivity index (χ4v) is 3.02. The van der Waals surface area contributed by atoms with Crippen LogP contribution in [-0.4, -0.2) is 14.5 Å². The highest BCUT2D eigenvalue weighted by atomic mass is 16.6. The van der Waals surface area contributed by atoms with Gasteiger partial charge in [0.2, 0.25) is 0 Å². The largest absolute Gasteiger partial charge is 0.423 e. The van der Waals surface area contributed by atoms with Crippen LogP contribution in [0.2, 0.25) is 0 Å². The molecule has 0 spiro atoms. The van der Waals surface area contributed by atoms with E-state index in [4.69, 9.17) is 4.42 Å². The second kappa shape index (κ2) is 6.17. The molecule has 0 radical (unpaired) electrons. The fourth-order valence-electron chi connectivity index (χ4n) is 3.02. The maximum Gasteiger partial charge on any atom is 0.336 e. The van der Waals surface area contributed by atoms with Gasteiger partial charge in [-0.15, -0.1) is 0 Å². The van der Waals surface area contributed by atoms with Crippen LogP contribution in [0.1, 0.15) is 11.1 Å². The molecule has 2 aromatic carbocycles. The molecule has 0 N–H and O–H groups in total. The van der Waals surface area contributed by atoms with E-state index in [1.807, 2.05) is 19.1 Å². The summed E-state index contributed by atoms with van der Waals surface area (Å²) < 4.78 is 6.55. The molecule has 0 saturated heterocycles. The zero-order valence-corrected chi connectivity index (χ0v) is 14.2. The van der Waals surface area contributed by atoms with Crippen LogP contribution in [0.4, 0.5) is 5.69 Å². The summed E-state index contributed by atoms with van der Waals surface area (Å²) in [5, 5.41) is 11.8. The Balaban J connectivity index is 1.88. The van der Waals surface area contributed by atoms with E-state index in [1.165, 1.54) is 35.2 Å². The number of aryl methyl sites for hydroxylation is 1. The summed E-state index contributed by atoms with van der Waals surface area (Å²) in [5.41, 5.74) is 1.25. The molecule has 4 aromatic rings. The van der Waals surface area contributed by atoms with E-state index < -0.39 is 16.1 Å². The smallest absolute Gasteiger partial charge is 0.336 e. The molecule has 134 valence electrons. The third kappa shape index (κ3) is 2.97. The molecule has 0 fully saturated rings. The predicted molar refractivity (Wildman–Crippen MR) is 99.0 cm³/mol. The van der Waals surface area contributed by atoms with Gasteiger partial charge >= 0.3 is 5.63 Å². The Labute approximate surface area is 151 Å². The van der Waals surface area contributed by atoms with Gasteiger partial charge in [-0.05, 0) is 30.2 Å². The van der Waals surface area contributed by atoms with E-state index in [0.29, 0.717) is 22.0 Å². The van der Waals surface area contributed by atoms with Gasteiger partial charge in [0, 0.05) is 23.6 Å². The van der Waals surface area contributed by atoms with Crippen molar-refractivity contribution in [1.29, 1.82) is 0 Å². The fraction of sp³-hybridized carbons (Fsp3) is 0.105. The first kappa shape index (κ1) is 16.6. The van der Waals surface area contributed by atoms with Crippen molar-refractivity contribution in [2.75, 3.05) is 0 Å². The van der Waals surface area contributed by atoms with Crippen molar-refractivity contribution >= 4 is 27.6 Å². The molecule has 4 rings (SSSR count). The van der Waals surface area contributed by atoms with Gasteiger partial charge in [0.25, 0.3) is 11.2 Å². The van der Waals surface area contributed by atoms with E-state index in [-0.39, 0.29) is 17.6 Å². The lowest BCUT2D eigenvalue weighted by Crippen LogP contribution is -2.22. The Morgan fingerprint density at radius 2 is 1.93 bits per heavy atom. The van der Waals surface area contributed by atoms with Crippen molar-refractivity contribution in [1.82, 2.24) is 9.55 Å². The number of nitro benzene ring substituents is 1. The first-order chi connectivity index (χ1) is 12.9. The lowest BCUT2D eigenvalue weighted by atomic mass is 10.1. The van der Waals surface area contributed by atoms with Gasteiger partial charge < -0.3 is 4.42 Å². The van der Waals surface area contributed by atoms with Crippen molar-refractivity contribution in [3.05, 3.63) is 90.8 Å². The van der Waals surface area contributed by atoms with Crippen LogP contribution < -0.4 is 11.2 Å². The molecule has 8 nitrogen and oxygen atoms in total. The van der Waals surface area contributed by atoms with Crippen LogP contribution in [-0.2, 0) is 6.54 Å². The molecule has 0 atom stereocenters. The summed E-state index contributed by atoms with van der Waals surface area (Å²) in [6.45, 7) is 1.98. The van der Waals surface area contributed by atoms with E-state index >= 15 is 0 Å². The summed E-state index contributed by atoms with van der Waals surface area (Å²) in [5.74, 6) is 0. The molecule has 2 heterocycles. The van der Waals surface area contributed by atoms with Crippen LogP contribution in [0.15, 0.2) is 62.8 Å². The van der Waals surface area contributed by atoms with Gasteiger partial charge in [-0.2, -0.15) is 0 Å². The molecule has 2 aromatic heterocycles.